The van der Waals surface area contributed by atoms with Gasteiger partial charge in [-0.3, -0.25) is 4.79 Å². The molecular weight excluding hydrogens is 333 g/mol. The first kappa shape index (κ1) is 12.3. The van der Waals surface area contributed by atoms with Crippen molar-refractivity contribution in [2.75, 3.05) is 6.61 Å². The number of nitrogens with one attached hydrogen (secondary N) is 1. The van der Waals surface area contributed by atoms with Crippen molar-refractivity contribution in [3.05, 3.63) is 33.4 Å². The van der Waals surface area contributed by atoms with Gasteiger partial charge in [0.1, 0.15) is 6.04 Å². The number of carbonyl (C=O) groups excluding carboxylic acids is 2. The third-order valence-corrected chi connectivity index (χ3v) is 3.20. The van der Waals surface area contributed by atoms with Crippen LogP contribution in [-0.4, -0.2) is 24.5 Å². The maximum atomic E-state index is 11.7. The van der Waals surface area contributed by atoms with E-state index in [1.165, 1.54) is 0 Å². The highest BCUT2D eigenvalue weighted by molar-refractivity contribution is 14.1. The van der Waals surface area contributed by atoms with Crippen LogP contribution in [0.4, 0.5) is 0 Å². The van der Waals surface area contributed by atoms with Crippen LogP contribution in [0.3, 0.4) is 0 Å². The minimum atomic E-state index is -0.467. The monoisotopic (exact) mass is 345 g/mol. The Morgan fingerprint density at radius 1 is 1.53 bits per heavy atom. The lowest BCUT2D eigenvalue weighted by atomic mass is 10.1. The van der Waals surface area contributed by atoms with Gasteiger partial charge in [-0.15, -0.1) is 0 Å². The zero-order valence-corrected chi connectivity index (χ0v) is 11.3. The van der Waals surface area contributed by atoms with Crippen molar-refractivity contribution in [3.8, 4) is 0 Å². The molecule has 0 saturated carbocycles. The van der Waals surface area contributed by atoms with E-state index in [1.54, 1.807) is 0 Å². The average molecular weight is 345 g/mol. The maximum Gasteiger partial charge on any atom is 0.328 e. The van der Waals surface area contributed by atoms with E-state index < -0.39 is 6.04 Å². The van der Waals surface area contributed by atoms with Crippen molar-refractivity contribution in [3.63, 3.8) is 0 Å². The normalized spacial score (nSPS) is 18.9. The highest BCUT2D eigenvalue weighted by Gasteiger charge is 2.27. The van der Waals surface area contributed by atoms with Crippen LogP contribution >= 0.6 is 22.6 Å². The van der Waals surface area contributed by atoms with E-state index in [1.807, 2.05) is 24.3 Å². The van der Waals surface area contributed by atoms with Crippen molar-refractivity contribution in [1.82, 2.24) is 5.32 Å². The number of hydrogen-bond acceptors (Lipinski definition) is 3. The third kappa shape index (κ3) is 3.42. The van der Waals surface area contributed by atoms with E-state index in [4.69, 9.17) is 4.74 Å². The average Bonchev–Trinajstić information content (AvgIpc) is 2.64. The Morgan fingerprint density at radius 3 is 3.00 bits per heavy atom. The summed E-state index contributed by atoms with van der Waals surface area (Å²) in [5, 5.41) is 2.68. The smallest absolute Gasteiger partial charge is 0.328 e. The number of amides is 1. The molecule has 0 radical (unpaired) electrons. The van der Waals surface area contributed by atoms with Gasteiger partial charge in [0.05, 0.1) is 13.0 Å². The molecule has 1 aliphatic heterocycles. The molecule has 1 saturated heterocycles. The van der Waals surface area contributed by atoms with Gasteiger partial charge < -0.3 is 10.1 Å². The Kier molecular flexibility index (Phi) is 3.98. The summed E-state index contributed by atoms with van der Waals surface area (Å²) in [4.78, 5) is 22.9. The number of halogens is 1. The first-order valence-corrected chi connectivity index (χ1v) is 6.43. The van der Waals surface area contributed by atoms with Crippen LogP contribution in [0.15, 0.2) is 24.3 Å². The summed E-state index contributed by atoms with van der Waals surface area (Å²) in [5.41, 5.74) is 0.945. The van der Waals surface area contributed by atoms with E-state index >= 15 is 0 Å². The summed E-state index contributed by atoms with van der Waals surface area (Å²) in [7, 11) is 0. The summed E-state index contributed by atoms with van der Waals surface area (Å²) in [6.45, 7) is 0.396. The van der Waals surface area contributed by atoms with Gasteiger partial charge in [0.15, 0.2) is 0 Å². The van der Waals surface area contributed by atoms with E-state index in [0.717, 1.165) is 9.13 Å². The molecule has 1 aliphatic rings. The van der Waals surface area contributed by atoms with Crippen molar-refractivity contribution < 1.29 is 14.3 Å². The SMILES string of the molecule is O=C(Cc1cccc(I)c1)N[C@@H]1CCOC1=O. The Balaban J connectivity index is 1.91. The second kappa shape index (κ2) is 5.48. The number of hydrogen-bond donors (Lipinski definition) is 1. The first-order valence-electron chi connectivity index (χ1n) is 5.35. The van der Waals surface area contributed by atoms with Gasteiger partial charge >= 0.3 is 5.97 Å². The lowest BCUT2D eigenvalue weighted by Gasteiger charge is -2.08. The van der Waals surface area contributed by atoms with Gasteiger partial charge in [0, 0.05) is 9.99 Å². The predicted octanol–water partition coefficient (Wildman–Crippen LogP) is 1.27. The van der Waals surface area contributed by atoms with Crippen molar-refractivity contribution in [2.45, 2.75) is 18.9 Å². The van der Waals surface area contributed by atoms with Gasteiger partial charge in [-0.05, 0) is 40.3 Å². The summed E-state index contributed by atoms with van der Waals surface area (Å²) >= 11 is 2.20. The number of rotatable bonds is 3. The van der Waals surface area contributed by atoms with Crippen molar-refractivity contribution >= 4 is 34.5 Å². The van der Waals surface area contributed by atoms with Gasteiger partial charge in [-0.1, -0.05) is 12.1 Å². The van der Waals surface area contributed by atoms with Gasteiger partial charge in [0.2, 0.25) is 5.91 Å². The molecule has 1 aromatic carbocycles. The van der Waals surface area contributed by atoms with E-state index in [2.05, 4.69) is 27.9 Å². The summed E-state index contributed by atoms with van der Waals surface area (Å²) < 4.78 is 5.87. The fourth-order valence-corrected chi connectivity index (χ4v) is 2.31. The molecular formula is C12H12INO3. The molecule has 0 unspecified atom stereocenters. The first-order chi connectivity index (χ1) is 8.15. The minimum absolute atomic E-state index is 0.143. The largest absolute Gasteiger partial charge is 0.464 e. The fourth-order valence-electron chi connectivity index (χ4n) is 1.70. The van der Waals surface area contributed by atoms with Crippen LogP contribution < -0.4 is 5.32 Å². The third-order valence-electron chi connectivity index (χ3n) is 2.52. The molecule has 1 amide bonds. The highest BCUT2D eigenvalue weighted by atomic mass is 127. The minimum Gasteiger partial charge on any atom is -0.464 e. The molecule has 1 fully saturated rings. The molecule has 0 aliphatic carbocycles. The Hall–Kier alpha value is -1.11. The van der Waals surface area contributed by atoms with E-state index in [-0.39, 0.29) is 11.9 Å². The second-order valence-electron chi connectivity index (χ2n) is 3.88. The lowest BCUT2D eigenvalue weighted by molar-refractivity contribution is -0.141. The molecule has 4 nitrogen and oxygen atoms in total. The zero-order chi connectivity index (χ0) is 12.3. The molecule has 0 bridgehead atoms. The molecule has 17 heavy (non-hydrogen) atoms. The maximum absolute atomic E-state index is 11.7. The van der Waals surface area contributed by atoms with Crippen LogP contribution in [0.25, 0.3) is 0 Å². The molecule has 1 N–H and O–H groups in total. The number of esters is 1. The number of cyclic esters (lactones) is 1. The molecule has 1 heterocycles. The van der Waals surface area contributed by atoms with E-state index in [9.17, 15) is 9.59 Å². The lowest BCUT2D eigenvalue weighted by Crippen LogP contribution is -2.38. The molecule has 5 heteroatoms. The fraction of sp³-hybridized carbons (Fsp3) is 0.333. The highest BCUT2D eigenvalue weighted by Crippen LogP contribution is 2.09. The van der Waals surface area contributed by atoms with Crippen LogP contribution in [0.2, 0.25) is 0 Å². The second-order valence-corrected chi connectivity index (χ2v) is 5.13. The van der Waals surface area contributed by atoms with Crippen LogP contribution in [0, 0.1) is 3.57 Å². The van der Waals surface area contributed by atoms with Gasteiger partial charge in [-0.2, -0.15) is 0 Å². The molecule has 1 aromatic rings. The quantitative estimate of drug-likeness (QED) is 0.663. The number of benzene rings is 1. The number of ether oxygens (including phenoxy) is 1. The molecule has 90 valence electrons. The number of carbonyl (C=O) groups is 2. The molecule has 0 aromatic heterocycles. The Morgan fingerprint density at radius 2 is 2.35 bits per heavy atom. The van der Waals surface area contributed by atoms with Gasteiger partial charge in [0.25, 0.3) is 0 Å². The Bertz CT molecular complexity index is 447. The van der Waals surface area contributed by atoms with Crippen LogP contribution in [0.5, 0.6) is 0 Å². The van der Waals surface area contributed by atoms with E-state index in [0.29, 0.717) is 19.4 Å². The zero-order valence-electron chi connectivity index (χ0n) is 9.11. The topological polar surface area (TPSA) is 55.4 Å². The molecule has 0 spiro atoms. The van der Waals surface area contributed by atoms with Crippen LogP contribution in [0.1, 0.15) is 12.0 Å². The standard InChI is InChI=1S/C12H12INO3/c13-9-3-1-2-8(6-9)7-11(15)14-10-4-5-17-12(10)16/h1-3,6,10H,4-5,7H2,(H,14,15)/t10-/m1/s1. The van der Waals surface area contributed by atoms with Crippen LogP contribution in [-0.2, 0) is 20.7 Å². The molecule has 2 rings (SSSR count). The van der Waals surface area contributed by atoms with Crippen molar-refractivity contribution in [1.29, 1.82) is 0 Å². The summed E-state index contributed by atoms with van der Waals surface area (Å²) in [6, 6.07) is 7.26. The summed E-state index contributed by atoms with van der Waals surface area (Å²) in [6.07, 6.45) is 0.859. The summed E-state index contributed by atoms with van der Waals surface area (Å²) in [5.74, 6) is -0.475. The molecule has 1 atom stereocenters. The van der Waals surface area contributed by atoms with Gasteiger partial charge in [-0.25, -0.2) is 4.79 Å². The Labute approximate surface area is 113 Å². The van der Waals surface area contributed by atoms with Crippen molar-refractivity contribution in [2.24, 2.45) is 0 Å². The predicted molar refractivity (Wildman–Crippen MR) is 70.4 cm³/mol.